The van der Waals surface area contributed by atoms with Crippen molar-refractivity contribution in [3.8, 4) is 0 Å². The number of H-pyrrole nitrogens is 1. The molecule has 0 unspecified atom stereocenters. The highest BCUT2D eigenvalue weighted by molar-refractivity contribution is 5.80. The second-order valence-corrected chi connectivity index (χ2v) is 3.30. The summed E-state index contributed by atoms with van der Waals surface area (Å²) in [5.74, 6) is -0.215. The fraction of sp³-hybridized carbons (Fsp3) is 0.400. The highest BCUT2D eigenvalue weighted by Gasteiger charge is 2.36. The van der Waals surface area contributed by atoms with E-state index in [0.29, 0.717) is 0 Å². The number of nitrogens with zero attached hydrogens (tertiary/aromatic N) is 2. The summed E-state index contributed by atoms with van der Waals surface area (Å²) in [5, 5.41) is -0.496. The lowest BCUT2D eigenvalue weighted by atomic mass is 10.2. The highest BCUT2D eigenvalue weighted by atomic mass is 19.4. The molecule has 0 aliphatic carbocycles. The molecule has 2 aromatic heterocycles. The number of alkyl halides is 3. The zero-order valence-electron chi connectivity index (χ0n) is 10.1. The minimum absolute atomic E-state index is 0.0893. The zero-order valence-corrected chi connectivity index (χ0v) is 10.1. The Balaban J connectivity index is 0.000000771. The summed E-state index contributed by atoms with van der Waals surface area (Å²) in [6, 6.07) is 0. The fourth-order valence-electron chi connectivity index (χ4n) is 1.51. The summed E-state index contributed by atoms with van der Waals surface area (Å²) < 4.78 is 38.9. The molecule has 0 amide bonds. The fourth-order valence-corrected chi connectivity index (χ4v) is 1.51. The predicted molar refractivity (Wildman–Crippen MR) is 62.1 cm³/mol. The molecule has 0 saturated heterocycles. The molecule has 2 heterocycles. The van der Waals surface area contributed by atoms with E-state index in [1.807, 2.05) is 18.8 Å². The molecule has 0 fully saturated rings. The number of aryl methyl sites for hydroxylation is 1. The van der Waals surface area contributed by atoms with Gasteiger partial charge in [-0.05, 0) is 0 Å². The standard InChI is InChI=1S/C8H7F3N4O.C2H6/c1-15-2-3(8(9,10)11)4-5(15)13-7(12)14-6(4)16;1-2/h2H,1H3,(H3,12,13,14,16);1-2H3. The number of anilines is 1. The molecule has 8 heteroatoms. The maximum atomic E-state index is 12.6. The second-order valence-electron chi connectivity index (χ2n) is 3.30. The summed E-state index contributed by atoms with van der Waals surface area (Å²) in [6.45, 7) is 4.00. The van der Waals surface area contributed by atoms with Crippen LogP contribution in [0.4, 0.5) is 19.1 Å². The quantitative estimate of drug-likeness (QED) is 0.761. The van der Waals surface area contributed by atoms with Crippen molar-refractivity contribution in [2.24, 2.45) is 7.05 Å². The summed E-state index contributed by atoms with van der Waals surface area (Å²) in [7, 11) is 1.36. The Kier molecular flexibility index (Phi) is 3.68. The molecule has 0 atom stereocenters. The van der Waals surface area contributed by atoms with E-state index in [1.54, 1.807) is 0 Å². The van der Waals surface area contributed by atoms with Crippen LogP contribution in [0.2, 0.25) is 0 Å². The molecule has 5 nitrogen and oxygen atoms in total. The van der Waals surface area contributed by atoms with Gasteiger partial charge in [0.05, 0.1) is 10.9 Å². The van der Waals surface area contributed by atoms with Crippen molar-refractivity contribution in [1.29, 1.82) is 0 Å². The van der Waals surface area contributed by atoms with E-state index < -0.39 is 22.7 Å². The Morgan fingerprint density at radius 1 is 1.39 bits per heavy atom. The predicted octanol–water partition coefficient (Wildman–Crippen LogP) is 1.89. The average Bonchev–Trinajstić information content (AvgIpc) is 2.59. The monoisotopic (exact) mass is 262 g/mol. The van der Waals surface area contributed by atoms with Crippen LogP contribution < -0.4 is 11.3 Å². The van der Waals surface area contributed by atoms with E-state index in [2.05, 4.69) is 4.98 Å². The SMILES string of the molecule is CC.Cn1cc(C(F)(F)F)c2c(=O)[nH]c(N)nc21. The van der Waals surface area contributed by atoms with E-state index in [-0.39, 0.29) is 11.6 Å². The van der Waals surface area contributed by atoms with Crippen LogP contribution in [-0.2, 0) is 13.2 Å². The molecule has 0 aliphatic rings. The molecular weight excluding hydrogens is 249 g/mol. The number of halogens is 3. The number of hydrogen-bond donors (Lipinski definition) is 2. The van der Waals surface area contributed by atoms with E-state index in [9.17, 15) is 18.0 Å². The van der Waals surface area contributed by atoms with Gasteiger partial charge < -0.3 is 10.3 Å². The summed E-state index contributed by atoms with van der Waals surface area (Å²) in [4.78, 5) is 17.1. The van der Waals surface area contributed by atoms with Gasteiger partial charge in [-0.3, -0.25) is 9.78 Å². The smallest absolute Gasteiger partial charge is 0.369 e. The van der Waals surface area contributed by atoms with Gasteiger partial charge in [0.1, 0.15) is 5.65 Å². The first-order valence-electron chi connectivity index (χ1n) is 5.22. The van der Waals surface area contributed by atoms with E-state index in [1.165, 1.54) is 7.05 Å². The number of aromatic amines is 1. The van der Waals surface area contributed by atoms with Gasteiger partial charge >= 0.3 is 6.18 Å². The Hall–Kier alpha value is -1.99. The molecule has 0 radical (unpaired) electrons. The first-order chi connectivity index (χ1) is 8.30. The van der Waals surface area contributed by atoms with Gasteiger partial charge in [-0.1, -0.05) is 13.8 Å². The summed E-state index contributed by atoms with van der Waals surface area (Å²) >= 11 is 0. The van der Waals surface area contributed by atoms with Crippen LogP contribution in [0.3, 0.4) is 0 Å². The highest BCUT2D eigenvalue weighted by Crippen LogP contribution is 2.33. The van der Waals surface area contributed by atoms with Gasteiger partial charge in [0.25, 0.3) is 5.56 Å². The number of nitrogens with one attached hydrogen (secondary N) is 1. The maximum Gasteiger partial charge on any atom is 0.418 e. The summed E-state index contributed by atoms with van der Waals surface area (Å²) in [5.41, 5.74) is 3.25. The third kappa shape index (κ3) is 2.31. The first kappa shape index (κ1) is 14.1. The van der Waals surface area contributed by atoms with Crippen LogP contribution in [0, 0.1) is 0 Å². The van der Waals surface area contributed by atoms with Gasteiger partial charge in [-0.2, -0.15) is 18.2 Å². The van der Waals surface area contributed by atoms with E-state index in [4.69, 9.17) is 5.73 Å². The van der Waals surface area contributed by atoms with Gasteiger partial charge in [0.15, 0.2) is 0 Å². The molecule has 3 N–H and O–H groups in total. The van der Waals surface area contributed by atoms with Crippen molar-refractivity contribution in [1.82, 2.24) is 14.5 Å². The van der Waals surface area contributed by atoms with Gasteiger partial charge in [-0.15, -0.1) is 0 Å². The Bertz CT molecular complexity index is 612. The molecule has 0 spiro atoms. The van der Waals surface area contributed by atoms with E-state index in [0.717, 1.165) is 10.8 Å². The normalized spacial score (nSPS) is 11.2. The topological polar surface area (TPSA) is 76.7 Å². The Morgan fingerprint density at radius 2 is 1.94 bits per heavy atom. The van der Waals surface area contributed by atoms with Gasteiger partial charge in [0, 0.05) is 13.2 Å². The first-order valence-corrected chi connectivity index (χ1v) is 5.22. The number of fused-ring (bicyclic) bond motifs is 1. The molecule has 100 valence electrons. The number of hydrogen-bond acceptors (Lipinski definition) is 3. The van der Waals surface area contributed by atoms with Crippen LogP contribution >= 0.6 is 0 Å². The van der Waals surface area contributed by atoms with Crippen molar-refractivity contribution < 1.29 is 13.2 Å². The third-order valence-electron chi connectivity index (χ3n) is 2.15. The second kappa shape index (κ2) is 4.71. The molecule has 18 heavy (non-hydrogen) atoms. The lowest BCUT2D eigenvalue weighted by Gasteiger charge is -2.02. The Labute approximate surface area is 100 Å². The van der Waals surface area contributed by atoms with Crippen LogP contribution in [0.1, 0.15) is 19.4 Å². The van der Waals surface area contributed by atoms with Gasteiger partial charge in [0.2, 0.25) is 5.95 Å². The van der Waals surface area contributed by atoms with Crippen molar-refractivity contribution in [3.05, 3.63) is 22.1 Å². The number of nitrogen functional groups attached to an aromatic ring is 1. The van der Waals surface area contributed by atoms with Crippen LogP contribution in [0.25, 0.3) is 11.0 Å². The van der Waals surface area contributed by atoms with Crippen LogP contribution in [0.15, 0.2) is 11.0 Å². The van der Waals surface area contributed by atoms with Crippen LogP contribution in [-0.4, -0.2) is 14.5 Å². The molecule has 0 aliphatic heterocycles. The lowest BCUT2D eigenvalue weighted by Crippen LogP contribution is -2.14. The molecule has 0 aromatic carbocycles. The van der Waals surface area contributed by atoms with Crippen molar-refractivity contribution in [2.45, 2.75) is 20.0 Å². The Morgan fingerprint density at radius 3 is 2.44 bits per heavy atom. The minimum Gasteiger partial charge on any atom is -0.369 e. The van der Waals surface area contributed by atoms with E-state index >= 15 is 0 Å². The summed E-state index contributed by atoms with van der Waals surface area (Å²) in [6.07, 6.45) is -3.78. The molecule has 0 saturated carbocycles. The molecule has 2 rings (SSSR count). The lowest BCUT2D eigenvalue weighted by molar-refractivity contribution is -0.136. The average molecular weight is 262 g/mol. The van der Waals surface area contributed by atoms with Crippen molar-refractivity contribution in [3.63, 3.8) is 0 Å². The minimum atomic E-state index is -4.59. The number of aromatic nitrogens is 3. The maximum absolute atomic E-state index is 12.6. The largest absolute Gasteiger partial charge is 0.418 e. The third-order valence-corrected chi connectivity index (χ3v) is 2.15. The molecule has 2 aromatic rings. The van der Waals surface area contributed by atoms with Crippen LogP contribution in [0.5, 0.6) is 0 Å². The van der Waals surface area contributed by atoms with Gasteiger partial charge in [-0.25, -0.2) is 0 Å². The zero-order chi connectivity index (χ0) is 14.1. The van der Waals surface area contributed by atoms with Crippen molar-refractivity contribution in [2.75, 3.05) is 5.73 Å². The molecule has 0 bridgehead atoms. The van der Waals surface area contributed by atoms with Crippen molar-refractivity contribution >= 4 is 17.0 Å². The number of nitrogens with two attached hydrogens (primary N) is 1. The molecular formula is C10H13F3N4O. The number of rotatable bonds is 0.